The van der Waals surface area contributed by atoms with Gasteiger partial charge in [0.1, 0.15) is 0 Å². The van der Waals surface area contributed by atoms with E-state index in [2.05, 4.69) is 91.8 Å². The first-order chi connectivity index (χ1) is 17.3. The Bertz CT molecular complexity index is 823. The number of nitriles is 1. The van der Waals surface area contributed by atoms with Crippen molar-refractivity contribution in [1.29, 1.82) is 5.26 Å². The van der Waals surface area contributed by atoms with E-state index in [9.17, 15) is 5.26 Å². The van der Waals surface area contributed by atoms with E-state index in [1.54, 1.807) is 11.1 Å². The molecule has 1 heteroatoms. The predicted octanol–water partition coefficient (Wildman–Crippen LogP) is 11.5. The van der Waals surface area contributed by atoms with Crippen LogP contribution >= 0.6 is 0 Å². The summed E-state index contributed by atoms with van der Waals surface area (Å²) in [6.45, 7) is 18.4. The highest BCUT2D eigenvalue weighted by molar-refractivity contribution is 5.36. The Morgan fingerprint density at radius 2 is 1.81 bits per heavy atom. The highest BCUT2D eigenvalue weighted by Gasteiger charge is 2.24. The van der Waals surface area contributed by atoms with Gasteiger partial charge in [0.2, 0.25) is 0 Å². The largest absolute Gasteiger partial charge is 0.193 e. The van der Waals surface area contributed by atoms with Crippen molar-refractivity contribution in [1.82, 2.24) is 0 Å². The SMILES string of the molecule is CCCCCC/C1=C/C(C(C)CCC(C)C)=C\CC=CC1C(CC)CC(/C=C(/C#N)CC)=C(\C)CC. The van der Waals surface area contributed by atoms with Crippen molar-refractivity contribution in [3.63, 3.8) is 0 Å². The van der Waals surface area contributed by atoms with Gasteiger partial charge in [0.25, 0.3) is 0 Å². The van der Waals surface area contributed by atoms with Crippen LogP contribution < -0.4 is 0 Å². The van der Waals surface area contributed by atoms with E-state index >= 15 is 0 Å². The molecule has 36 heavy (non-hydrogen) atoms. The van der Waals surface area contributed by atoms with E-state index in [-0.39, 0.29) is 0 Å². The normalized spacial score (nSPS) is 22.0. The van der Waals surface area contributed by atoms with E-state index in [4.69, 9.17) is 0 Å². The first-order valence-electron chi connectivity index (χ1n) is 15.2. The van der Waals surface area contributed by atoms with Gasteiger partial charge in [0, 0.05) is 11.5 Å². The van der Waals surface area contributed by atoms with E-state index in [0.29, 0.717) is 17.8 Å². The maximum Gasteiger partial charge on any atom is 0.0947 e. The van der Waals surface area contributed by atoms with Gasteiger partial charge >= 0.3 is 0 Å². The standard InChI is InChI=1S/C35H57N/c1-9-13-14-15-19-33-25-32(29(8)22-21-27(5)6)18-16-17-20-35(33)31(12-4)24-34(28(7)10-2)23-30(11-3)26-36/h17-18,20,23,25,27,29,31,35H,9-16,19,21-22,24H2,1-8H3/b20-17?,30-23+,32-18+,33-25-,34-28+. The average Bonchev–Trinajstić information content (AvgIpc) is 2.86. The van der Waals surface area contributed by atoms with Crippen molar-refractivity contribution in [3.8, 4) is 6.07 Å². The third kappa shape index (κ3) is 11.5. The lowest BCUT2D eigenvalue weighted by molar-refractivity contribution is 0.408. The van der Waals surface area contributed by atoms with Gasteiger partial charge < -0.3 is 0 Å². The Hall–Kier alpha value is -1.81. The van der Waals surface area contributed by atoms with Crippen LogP contribution in [0.15, 0.2) is 58.2 Å². The molecule has 1 aliphatic carbocycles. The monoisotopic (exact) mass is 491 g/mol. The molecule has 0 N–H and O–H groups in total. The molecule has 1 rings (SSSR count). The number of rotatable bonds is 16. The molecule has 0 saturated heterocycles. The zero-order valence-electron chi connectivity index (χ0n) is 25.1. The Kier molecular flexibility index (Phi) is 16.5. The Morgan fingerprint density at radius 3 is 2.39 bits per heavy atom. The molecule has 0 saturated carbocycles. The Labute approximate surface area is 225 Å². The fourth-order valence-electron chi connectivity index (χ4n) is 5.29. The Morgan fingerprint density at radius 1 is 1.06 bits per heavy atom. The van der Waals surface area contributed by atoms with Crippen LogP contribution in [0.3, 0.4) is 0 Å². The van der Waals surface area contributed by atoms with E-state index < -0.39 is 0 Å². The van der Waals surface area contributed by atoms with Crippen molar-refractivity contribution in [2.45, 2.75) is 132 Å². The molecule has 0 aromatic heterocycles. The van der Waals surface area contributed by atoms with Crippen LogP contribution in [0.25, 0.3) is 0 Å². The molecule has 0 aromatic rings. The van der Waals surface area contributed by atoms with Crippen LogP contribution in [0.1, 0.15) is 132 Å². The van der Waals surface area contributed by atoms with Gasteiger partial charge in [-0.25, -0.2) is 0 Å². The van der Waals surface area contributed by atoms with Crippen LogP contribution in [0.5, 0.6) is 0 Å². The summed E-state index contributed by atoms with van der Waals surface area (Å²) >= 11 is 0. The summed E-state index contributed by atoms with van der Waals surface area (Å²) in [5.74, 6) is 2.43. The number of unbranched alkanes of at least 4 members (excludes halogenated alkanes) is 3. The lowest BCUT2D eigenvalue weighted by atomic mass is 9.75. The minimum Gasteiger partial charge on any atom is -0.193 e. The maximum absolute atomic E-state index is 9.61. The minimum absolute atomic E-state index is 0.484. The summed E-state index contributed by atoms with van der Waals surface area (Å²) in [7, 11) is 0. The van der Waals surface area contributed by atoms with Crippen LogP contribution in [0, 0.1) is 35.0 Å². The number of nitrogens with zero attached hydrogens (tertiary/aromatic N) is 1. The predicted molar refractivity (Wildman–Crippen MR) is 161 cm³/mol. The molecule has 202 valence electrons. The molecule has 0 heterocycles. The molecule has 1 aliphatic rings. The highest BCUT2D eigenvalue weighted by Crippen LogP contribution is 2.37. The summed E-state index contributed by atoms with van der Waals surface area (Å²) in [4.78, 5) is 0. The van der Waals surface area contributed by atoms with Crippen molar-refractivity contribution >= 4 is 0 Å². The Balaban J connectivity index is 3.37. The third-order valence-electron chi connectivity index (χ3n) is 8.14. The third-order valence-corrected chi connectivity index (χ3v) is 8.14. The summed E-state index contributed by atoms with van der Waals surface area (Å²) in [6.07, 6.45) is 26.4. The van der Waals surface area contributed by atoms with E-state index in [0.717, 1.165) is 43.6 Å². The topological polar surface area (TPSA) is 23.8 Å². The van der Waals surface area contributed by atoms with Gasteiger partial charge in [-0.1, -0.05) is 116 Å². The molecular weight excluding hydrogens is 434 g/mol. The molecule has 3 atom stereocenters. The van der Waals surface area contributed by atoms with Gasteiger partial charge in [-0.15, -0.1) is 0 Å². The summed E-state index contributed by atoms with van der Waals surface area (Å²) < 4.78 is 0. The summed E-state index contributed by atoms with van der Waals surface area (Å²) in [5.41, 5.74) is 6.93. The van der Waals surface area contributed by atoms with Crippen molar-refractivity contribution in [2.24, 2.45) is 23.7 Å². The molecular formula is C35H57N. The minimum atomic E-state index is 0.484. The lowest BCUT2D eigenvalue weighted by Gasteiger charge is -2.30. The zero-order valence-corrected chi connectivity index (χ0v) is 25.1. The number of hydrogen-bond acceptors (Lipinski definition) is 1. The van der Waals surface area contributed by atoms with Gasteiger partial charge in [0.05, 0.1) is 6.07 Å². The molecule has 0 fully saturated rings. The molecule has 0 amide bonds. The van der Waals surface area contributed by atoms with E-state index in [1.165, 1.54) is 56.1 Å². The second kappa shape index (κ2) is 18.4. The van der Waals surface area contributed by atoms with E-state index in [1.807, 2.05) is 0 Å². The van der Waals surface area contributed by atoms with Gasteiger partial charge in [-0.05, 0) is 86.8 Å². The molecule has 0 radical (unpaired) electrons. The van der Waals surface area contributed by atoms with Gasteiger partial charge in [-0.3, -0.25) is 0 Å². The zero-order chi connectivity index (χ0) is 26.9. The first-order valence-corrected chi connectivity index (χ1v) is 15.2. The van der Waals surface area contributed by atoms with Crippen molar-refractivity contribution in [3.05, 3.63) is 58.2 Å². The molecule has 0 bridgehead atoms. The second-order valence-corrected chi connectivity index (χ2v) is 11.5. The first kappa shape index (κ1) is 32.2. The fraction of sp³-hybridized carbons (Fsp3) is 0.686. The van der Waals surface area contributed by atoms with Crippen molar-refractivity contribution in [2.75, 3.05) is 0 Å². The van der Waals surface area contributed by atoms with Crippen LogP contribution in [0.2, 0.25) is 0 Å². The summed E-state index contributed by atoms with van der Waals surface area (Å²) in [5, 5.41) is 9.61. The van der Waals surface area contributed by atoms with Gasteiger partial charge in [-0.2, -0.15) is 5.26 Å². The van der Waals surface area contributed by atoms with Crippen LogP contribution in [-0.4, -0.2) is 0 Å². The lowest BCUT2D eigenvalue weighted by Crippen LogP contribution is -2.17. The number of hydrogen-bond donors (Lipinski definition) is 0. The van der Waals surface area contributed by atoms with Gasteiger partial charge in [0.15, 0.2) is 0 Å². The highest BCUT2D eigenvalue weighted by atomic mass is 14.3. The van der Waals surface area contributed by atoms with Crippen molar-refractivity contribution < 1.29 is 0 Å². The summed E-state index contributed by atoms with van der Waals surface area (Å²) in [6, 6.07) is 2.43. The average molecular weight is 492 g/mol. The second-order valence-electron chi connectivity index (χ2n) is 11.5. The maximum atomic E-state index is 9.61. The number of allylic oxidation sites excluding steroid dienone is 10. The van der Waals surface area contributed by atoms with Crippen LogP contribution in [0.4, 0.5) is 0 Å². The van der Waals surface area contributed by atoms with Crippen LogP contribution in [-0.2, 0) is 0 Å². The molecule has 0 aliphatic heterocycles. The fourth-order valence-corrected chi connectivity index (χ4v) is 5.29. The molecule has 3 unspecified atom stereocenters. The molecule has 1 nitrogen and oxygen atoms in total. The smallest absolute Gasteiger partial charge is 0.0947 e. The molecule has 0 aromatic carbocycles. The molecule has 0 spiro atoms. The quantitative estimate of drug-likeness (QED) is 0.0911.